The Kier molecular flexibility index (Phi) is 2.29. The number of H-pyrrole nitrogens is 1. The highest BCUT2D eigenvalue weighted by molar-refractivity contribution is 5.75. The van der Waals surface area contributed by atoms with Gasteiger partial charge in [-0.1, -0.05) is 6.92 Å². The van der Waals surface area contributed by atoms with Gasteiger partial charge in [-0.15, -0.1) is 0 Å². The summed E-state index contributed by atoms with van der Waals surface area (Å²) < 4.78 is 4.79. The van der Waals surface area contributed by atoms with E-state index in [4.69, 9.17) is 9.68 Å². The Bertz CT molecular complexity index is 706. The zero-order valence-corrected chi connectivity index (χ0v) is 8.40. The molecule has 0 amide bonds. The lowest BCUT2D eigenvalue weighted by atomic mass is 10.1. The van der Waals surface area contributed by atoms with Crippen molar-refractivity contribution in [3.63, 3.8) is 0 Å². The largest absolute Gasteiger partial charge is 0.403 e. The third kappa shape index (κ3) is 1.48. The van der Waals surface area contributed by atoms with E-state index in [9.17, 15) is 9.59 Å². The van der Waals surface area contributed by atoms with Gasteiger partial charge in [-0.2, -0.15) is 10.2 Å². The van der Waals surface area contributed by atoms with Crippen molar-refractivity contribution < 1.29 is 4.42 Å². The molecule has 0 radical (unpaired) electrons. The first-order valence-corrected chi connectivity index (χ1v) is 4.63. The van der Waals surface area contributed by atoms with Crippen molar-refractivity contribution in [3.8, 4) is 6.07 Å². The molecule has 0 bridgehead atoms. The topological polar surface area (TPSA) is 99.8 Å². The van der Waals surface area contributed by atoms with E-state index in [1.165, 1.54) is 6.07 Å². The third-order valence-corrected chi connectivity index (χ3v) is 2.18. The second-order valence-electron chi connectivity index (χ2n) is 3.15. The molecule has 16 heavy (non-hydrogen) atoms. The van der Waals surface area contributed by atoms with E-state index in [0.29, 0.717) is 12.0 Å². The first-order chi connectivity index (χ1) is 7.65. The maximum atomic E-state index is 11.6. The summed E-state index contributed by atoms with van der Waals surface area (Å²) in [7, 11) is 0. The molecule has 2 heterocycles. The zero-order chi connectivity index (χ0) is 11.7. The Labute approximate surface area is 89.2 Å². The van der Waals surface area contributed by atoms with Gasteiger partial charge in [0.05, 0.1) is 0 Å². The van der Waals surface area contributed by atoms with Gasteiger partial charge in [-0.3, -0.25) is 9.78 Å². The SMILES string of the molecule is CCc1cc(=O)oc2nc(C#N)[nH]c(=O)c12. The van der Waals surface area contributed by atoms with Gasteiger partial charge in [0.15, 0.2) is 0 Å². The fourth-order valence-electron chi connectivity index (χ4n) is 1.48. The maximum absolute atomic E-state index is 11.6. The predicted molar refractivity (Wildman–Crippen MR) is 55.0 cm³/mol. The van der Waals surface area contributed by atoms with E-state index < -0.39 is 11.2 Å². The summed E-state index contributed by atoms with van der Waals surface area (Å²) in [5, 5.41) is 8.84. The summed E-state index contributed by atoms with van der Waals surface area (Å²) in [6.45, 7) is 1.81. The van der Waals surface area contributed by atoms with E-state index in [0.717, 1.165) is 0 Å². The number of rotatable bonds is 1. The van der Waals surface area contributed by atoms with Crippen LogP contribution >= 0.6 is 0 Å². The highest BCUT2D eigenvalue weighted by Crippen LogP contribution is 2.10. The molecule has 0 saturated carbocycles. The first-order valence-electron chi connectivity index (χ1n) is 4.63. The van der Waals surface area contributed by atoms with Crippen LogP contribution in [0.3, 0.4) is 0 Å². The summed E-state index contributed by atoms with van der Waals surface area (Å²) in [6, 6.07) is 2.94. The lowest BCUT2D eigenvalue weighted by Gasteiger charge is -2.00. The molecule has 1 N–H and O–H groups in total. The molecule has 2 aromatic heterocycles. The van der Waals surface area contributed by atoms with Gasteiger partial charge in [0.1, 0.15) is 11.5 Å². The van der Waals surface area contributed by atoms with Gasteiger partial charge >= 0.3 is 5.63 Å². The van der Waals surface area contributed by atoms with Gasteiger partial charge in [-0.05, 0) is 12.0 Å². The summed E-state index contributed by atoms with van der Waals surface area (Å²) >= 11 is 0. The van der Waals surface area contributed by atoms with Crippen molar-refractivity contribution in [2.75, 3.05) is 0 Å². The summed E-state index contributed by atoms with van der Waals surface area (Å²) in [5.41, 5.74) is -0.581. The number of hydrogen-bond acceptors (Lipinski definition) is 5. The summed E-state index contributed by atoms with van der Waals surface area (Å²) in [4.78, 5) is 28.9. The Morgan fingerprint density at radius 1 is 1.56 bits per heavy atom. The second kappa shape index (κ2) is 3.62. The molecule has 6 heteroatoms. The van der Waals surface area contributed by atoms with Crippen molar-refractivity contribution in [1.82, 2.24) is 9.97 Å². The van der Waals surface area contributed by atoms with E-state index in [2.05, 4.69) is 9.97 Å². The average molecular weight is 217 g/mol. The van der Waals surface area contributed by atoms with Crippen molar-refractivity contribution in [3.05, 3.63) is 38.2 Å². The molecule has 0 aliphatic heterocycles. The van der Waals surface area contributed by atoms with Crippen LogP contribution in [-0.4, -0.2) is 9.97 Å². The number of nitrogens with zero attached hydrogens (tertiary/aromatic N) is 2. The minimum Gasteiger partial charge on any atom is -0.403 e. The van der Waals surface area contributed by atoms with Crippen LogP contribution in [0.2, 0.25) is 0 Å². The molecule has 0 atom stereocenters. The predicted octanol–water partition coefficient (Wildman–Crippen LogP) is 0.310. The number of fused-ring (bicyclic) bond motifs is 1. The lowest BCUT2D eigenvalue weighted by molar-refractivity contribution is 0.545. The first kappa shape index (κ1) is 10.1. The van der Waals surface area contributed by atoms with Crippen molar-refractivity contribution >= 4 is 11.1 Å². The minimum absolute atomic E-state index is 0.0929. The fraction of sp³-hybridized carbons (Fsp3) is 0.200. The molecule has 0 aromatic carbocycles. The second-order valence-corrected chi connectivity index (χ2v) is 3.15. The van der Waals surface area contributed by atoms with Crippen LogP contribution < -0.4 is 11.2 Å². The number of nitrogens with one attached hydrogen (secondary N) is 1. The Balaban J connectivity index is 3.01. The zero-order valence-electron chi connectivity index (χ0n) is 8.40. The van der Waals surface area contributed by atoms with Gasteiger partial charge in [-0.25, -0.2) is 4.79 Å². The molecule has 80 valence electrons. The smallest absolute Gasteiger partial charge is 0.337 e. The third-order valence-electron chi connectivity index (χ3n) is 2.18. The van der Waals surface area contributed by atoms with E-state index >= 15 is 0 Å². The molecular formula is C10H7N3O3. The molecule has 0 fully saturated rings. The summed E-state index contributed by atoms with van der Waals surface area (Å²) in [6.07, 6.45) is 0.513. The van der Waals surface area contributed by atoms with Crippen molar-refractivity contribution in [1.29, 1.82) is 5.26 Å². The molecule has 2 aromatic rings. The fourth-order valence-corrected chi connectivity index (χ4v) is 1.48. The molecule has 0 aliphatic carbocycles. The number of aryl methyl sites for hydroxylation is 1. The number of aromatic nitrogens is 2. The van der Waals surface area contributed by atoms with Gasteiger partial charge in [0.2, 0.25) is 11.5 Å². The molecule has 0 spiro atoms. The Hall–Kier alpha value is -2.42. The number of hydrogen-bond donors (Lipinski definition) is 1. The summed E-state index contributed by atoms with van der Waals surface area (Å²) in [5.74, 6) is -0.172. The number of aromatic amines is 1. The monoisotopic (exact) mass is 217 g/mol. The average Bonchev–Trinajstić information content (AvgIpc) is 2.26. The van der Waals surface area contributed by atoms with Crippen LogP contribution in [0.4, 0.5) is 0 Å². The van der Waals surface area contributed by atoms with E-state index in [-0.39, 0.29) is 16.9 Å². The van der Waals surface area contributed by atoms with Crippen LogP contribution in [0.5, 0.6) is 0 Å². The molecule has 0 unspecified atom stereocenters. The quantitative estimate of drug-likeness (QED) is 0.740. The van der Waals surface area contributed by atoms with Crippen LogP contribution in [0, 0.1) is 11.3 Å². The molecule has 0 aliphatic rings. The standard InChI is InChI=1S/C10H7N3O3/c1-2-5-3-7(14)16-10-8(5)9(15)12-6(4-11)13-10/h3H,2H2,1H3,(H,12,13,15). The molecule has 6 nitrogen and oxygen atoms in total. The number of nitriles is 1. The Morgan fingerprint density at radius 2 is 2.31 bits per heavy atom. The maximum Gasteiger partial charge on any atom is 0.337 e. The lowest BCUT2D eigenvalue weighted by Crippen LogP contribution is -2.14. The van der Waals surface area contributed by atoms with Crippen LogP contribution in [0.1, 0.15) is 18.3 Å². The van der Waals surface area contributed by atoms with E-state index in [1.54, 1.807) is 6.07 Å². The molecule has 2 rings (SSSR count). The highest BCUT2D eigenvalue weighted by atomic mass is 16.4. The van der Waals surface area contributed by atoms with Gasteiger partial charge < -0.3 is 4.42 Å². The van der Waals surface area contributed by atoms with Crippen LogP contribution in [0.25, 0.3) is 11.1 Å². The normalized spacial score (nSPS) is 10.2. The van der Waals surface area contributed by atoms with Crippen molar-refractivity contribution in [2.24, 2.45) is 0 Å². The van der Waals surface area contributed by atoms with Crippen LogP contribution in [-0.2, 0) is 6.42 Å². The minimum atomic E-state index is -0.577. The highest BCUT2D eigenvalue weighted by Gasteiger charge is 2.10. The molecule has 0 saturated heterocycles. The van der Waals surface area contributed by atoms with Gasteiger partial charge in [0.25, 0.3) is 5.56 Å². The Morgan fingerprint density at radius 3 is 2.94 bits per heavy atom. The van der Waals surface area contributed by atoms with Crippen LogP contribution in [0.15, 0.2) is 20.1 Å². The van der Waals surface area contributed by atoms with E-state index in [1.807, 2.05) is 6.92 Å². The van der Waals surface area contributed by atoms with Gasteiger partial charge in [0, 0.05) is 6.07 Å². The molecular weight excluding hydrogens is 210 g/mol. The van der Waals surface area contributed by atoms with Crippen molar-refractivity contribution in [2.45, 2.75) is 13.3 Å².